The summed E-state index contributed by atoms with van der Waals surface area (Å²) >= 11 is 2.40. The second kappa shape index (κ2) is 6.00. The zero-order valence-electron chi connectivity index (χ0n) is 9.96. The van der Waals surface area contributed by atoms with Crippen LogP contribution < -0.4 is 4.74 Å². The van der Waals surface area contributed by atoms with Gasteiger partial charge in [-0.3, -0.25) is 4.90 Å². The van der Waals surface area contributed by atoms with Crippen molar-refractivity contribution in [2.75, 3.05) is 24.8 Å². The molecule has 0 N–H and O–H groups in total. The zero-order valence-corrected chi connectivity index (χ0v) is 12.1. The number of rotatable bonds is 3. The van der Waals surface area contributed by atoms with Gasteiger partial charge in [0.15, 0.2) is 0 Å². The number of halogens is 2. The quantitative estimate of drug-likeness (QED) is 0.471. The Morgan fingerprint density at radius 3 is 2.71 bits per heavy atom. The van der Waals surface area contributed by atoms with Crippen LogP contribution in [-0.4, -0.2) is 29.7 Å². The molecule has 2 nitrogen and oxygen atoms in total. The van der Waals surface area contributed by atoms with E-state index < -0.39 is 0 Å². The summed E-state index contributed by atoms with van der Waals surface area (Å²) in [5, 5.41) is 0. The molecule has 0 spiro atoms. The highest BCUT2D eigenvalue weighted by molar-refractivity contribution is 14.1. The average molecular weight is 349 g/mol. The smallest absolute Gasteiger partial charge is 0.126 e. The summed E-state index contributed by atoms with van der Waals surface area (Å²) in [4.78, 5) is 2.44. The fraction of sp³-hybridized carbons (Fsp3) is 0.538. The van der Waals surface area contributed by atoms with E-state index in [0.717, 1.165) is 36.0 Å². The molecule has 0 aromatic heterocycles. The number of piperidine rings is 1. The molecule has 0 unspecified atom stereocenters. The first-order chi connectivity index (χ1) is 8.24. The lowest BCUT2D eigenvalue weighted by molar-refractivity contribution is 0.248. The molecule has 2 rings (SSSR count). The van der Waals surface area contributed by atoms with Crippen molar-refractivity contribution in [1.82, 2.24) is 4.90 Å². The summed E-state index contributed by atoms with van der Waals surface area (Å²) in [5.41, 5.74) is 1.15. The van der Waals surface area contributed by atoms with E-state index in [-0.39, 0.29) is 5.82 Å². The van der Waals surface area contributed by atoms with Gasteiger partial charge in [0.25, 0.3) is 0 Å². The Labute approximate surface area is 115 Å². The molecule has 17 heavy (non-hydrogen) atoms. The van der Waals surface area contributed by atoms with Crippen LogP contribution in [0.2, 0.25) is 0 Å². The van der Waals surface area contributed by atoms with Crippen molar-refractivity contribution < 1.29 is 9.13 Å². The van der Waals surface area contributed by atoms with Crippen LogP contribution in [0.1, 0.15) is 24.3 Å². The standard InChI is InChI=1S/C13H17FINO/c1-17-13-8-11(14)2-3-12(13)10-4-6-16(9-15)7-5-10/h2-3,8,10H,4-7,9H2,1H3. The van der Waals surface area contributed by atoms with Gasteiger partial charge in [-0.2, -0.15) is 0 Å². The third-order valence-electron chi connectivity index (χ3n) is 3.39. The molecule has 94 valence electrons. The summed E-state index contributed by atoms with van der Waals surface area (Å²) in [6.45, 7) is 2.24. The molecule has 0 aliphatic carbocycles. The molecular formula is C13H17FINO. The number of methoxy groups -OCH3 is 1. The zero-order chi connectivity index (χ0) is 12.3. The topological polar surface area (TPSA) is 12.5 Å². The Hall–Kier alpha value is -0.360. The molecule has 1 heterocycles. The van der Waals surface area contributed by atoms with Gasteiger partial charge in [0.05, 0.1) is 11.7 Å². The van der Waals surface area contributed by atoms with Gasteiger partial charge in [0.1, 0.15) is 11.6 Å². The molecule has 0 atom stereocenters. The molecule has 1 aliphatic heterocycles. The van der Waals surface area contributed by atoms with Crippen molar-refractivity contribution in [2.24, 2.45) is 0 Å². The van der Waals surface area contributed by atoms with Crippen LogP contribution in [0.15, 0.2) is 18.2 Å². The first-order valence-corrected chi connectivity index (χ1v) is 7.39. The first kappa shape index (κ1) is 13.1. The van der Waals surface area contributed by atoms with Crippen LogP contribution in [0.25, 0.3) is 0 Å². The van der Waals surface area contributed by atoms with Crippen LogP contribution in [0.4, 0.5) is 4.39 Å². The number of hydrogen-bond acceptors (Lipinski definition) is 2. The minimum Gasteiger partial charge on any atom is -0.496 e. The SMILES string of the molecule is COc1cc(F)ccc1C1CCN(CI)CC1. The molecule has 0 bridgehead atoms. The molecule has 0 radical (unpaired) electrons. The Balaban J connectivity index is 2.12. The second-order valence-electron chi connectivity index (χ2n) is 4.40. The highest BCUT2D eigenvalue weighted by atomic mass is 127. The number of likely N-dealkylation sites (tertiary alicyclic amines) is 1. The van der Waals surface area contributed by atoms with Crippen molar-refractivity contribution in [1.29, 1.82) is 0 Å². The molecule has 1 aromatic carbocycles. The third kappa shape index (κ3) is 3.10. The fourth-order valence-electron chi connectivity index (χ4n) is 2.39. The lowest BCUT2D eigenvalue weighted by atomic mass is 9.89. The highest BCUT2D eigenvalue weighted by Gasteiger charge is 2.22. The summed E-state index contributed by atoms with van der Waals surface area (Å²) < 4.78 is 19.5. The Morgan fingerprint density at radius 2 is 2.12 bits per heavy atom. The maximum absolute atomic E-state index is 13.1. The summed E-state index contributed by atoms with van der Waals surface area (Å²) in [7, 11) is 1.61. The number of hydrogen-bond donors (Lipinski definition) is 0. The number of nitrogens with zero attached hydrogens (tertiary/aromatic N) is 1. The van der Waals surface area contributed by atoms with Crippen molar-refractivity contribution in [3.05, 3.63) is 29.6 Å². The lowest BCUT2D eigenvalue weighted by Gasteiger charge is -2.31. The third-order valence-corrected chi connectivity index (χ3v) is 4.36. The maximum Gasteiger partial charge on any atom is 0.126 e. The molecule has 0 saturated carbocycles. The van der Waals surface area contributed by atoms with E-state index in [1.54, 1.807) is 7.11 Å². The van der Waals surface area contributed by atoms with Crippen LogP contribution in [0, 0.1) is 5.82 Å². The summed E-state index contributed by atoms with van der Waals surface area (Å²) in [6, 6.07) is 4.89. The fourth-order valence-corrected chi connectivity index (χ4v) is 3.07. The van der Waals surface area contributed by atoms with Crippen LogP contribution in [0.5, 0.6) is 5.75 Å². The Bertz CT molecular complexity index is 378. The normalized spacial score (nSPS) is 18.3. The largest absolute Gasteiger partial charge is 0.496 e. The highest BCUT2D eigenvalue weighted by Crippen LogP contribution is 2.34. The molecule has 1 fully saturated rings. The Morgan fingerprint density at radius 1 is 1.41 bits per heavy atom. The van der Waals surface area contributed by atoms with Crippen molar-refractivity contribution in [3.8, 4) is 5.75 Å². The monoisotopic (exact) mass is 349 g/mol. The number of benzene rings is 1. The van der Waals surface area contributed by atoms with Gasteiger partial charge in [0.2, 0.25) is 0 Å². The molecule has 1 aromatic rings. The lowest BCUT2D eigenvalue weighted by Crippen LogP contribution is -2.31. The van der Waals surface area contributed by atoms with Crippen LogP contribution >= 0.6 is 22.6 Å². The van der Waals surface area contributed by atoms with Crippen molar-refractivity contribution in [2.45, 2.75) is 18.8 Å². The van der Waals surface area contributed by atoms with Crippen LogP contribution in [0.3, 0.4) is 0 Å². The van der Waals surface area contributed by atoms with Gasteiger partial charge >= 0.3 is 0 Å². The minimum absolute atomic E-state index is 0.227. The van der Waals surface area contributed by atoms with Gasteiger partial charge in [-0.25, -0.2) is 4.39 Å². The van der Waals surface area contributed by atoms with Gasteiger partial charge in [-0.1, -0.05) is 28.7 Å². The average Bonchev–Trinajstić information content (AvgIpc) is 2.39. The molecule has 4 heteroatoms. The van der Waals surface area contributed by atoms with E-state index in [4.69, 9.17) is 4.74 Å². The van der Waals surface area contributed by atoms with Gasteiger partial charge in [0, 0.05) is 6.07 Å². The van der Waals surface area contributed by atoms with E-state index >= 15 is 0 Å². The number of ether oxygens (including phenoxy) is 1. The molecular weight excluding hydrogens is 332 g/mol. The Kier molecular flexibility index (Phi) is 4.62. The maximum atomic E-state index is 13.1. The predicted molar refractivity (Wildman–Crippen MR) is 75.4 cm³/mol. The first-order valence-electron chi connectivity index (χ1n) is 5.86. The van der Waals surface area contributed by atoms with Gasteiger partial charge in [-0.05, 0) is 43.5 Å². The van der Waals surface area contributed by atoms with E-state index in [2.05, 4.69) is 27.5 Å². The molecule has 1 saturated heterocycles. The summed E-state index contributed by atoms with van der Waals surface area (Å²) in [6.07, 6.45) is 2.26. The van der Waals surface area contributed by atoms with Gasteiger partial charge in [-0.15, -0.1) is 0 Å². The summed E-state index contributed by atoms with van der Waals surface area (Å²) in [5.74, 6) is 0.970. The van der Waals surface area contributed by atoms with E-state index in [0.29, 0.717) is 11.7 Å². The molecule has 0 amide bonds. The van der Waals surface area contributed by atoms with Crippen molar-refractivity contribution >= 4 is 22.6 Å². The number of alkyl halides is 1. The van der Waals surface area contributed by atoms with E-state index in [1.807, 2.05) is 6.07 Å². The van der Waals surface area contributed by atoms with Gasteiger partial charge < -0.3 is 4.74 Å². The molecule has 1 aliphatic rings. The van der Waals surface area contributed by atoms with Crippen molar-refractivity contribution in [3.63, 3.8) is 0 Å². The predicted octanol–water partition coefficient (Wildman–Crippen LogP) is 3.41. The minimum atomic E-state index is -0.227. The second-order valence-corrected chi connectivity index (χ2v) is 5.08. The van der Waals surface area contributed by atoms with Crippen LogP contribution in [-0.2, 0) is 0 Å². The van der Waals surface area contributed by atoms with E-state index in [9.17, 15) is 4.39 Å². The van der Waals surface area contributed by atoms with E-state index in [1.165, 1.54) is 12.1 Å².